The summed E-state index contributed by atoms with van der Waals surface area (Å²) in [4.78, 5) is 13.4. The minimum Gasteiger partial charge on any atom is -0.382 e. The number of rotatable bonds is 21. The third kappa shape index (κ3) is 9.88. The summed E-state index contributed by atoms with van der Waals surface area (Å²) in [6.45, 7) is 14.8. The normalized spacial score (nSPS) is 34.3. The average molecular weight is 651 g/mol. The van der Waals surface area contributed by atoms with Gasteiger partial charge in [0.15, 0.2) is 5.78 Å². The number of carbonyl (C=O) groups is 1. The Kier molecular flexibility index (Phi) is 15.2. The summed E-state index contributed by atoms with van der Waals surface area (Å²) in [6, 6.07) is 0. The van der Waals surface area contributed by atoms with E-state index in [0.717, 1.165) is 54.8 Å². The van der Waals surface area contributed by atoms with Gasteiger partial charge in [0.05, 0.1) is 0 Å². The summed E-state index contributed by atoms with van der Waals surface area (Å²) >= 11 is 0. The molecule has 270 valence electrons. The second-order valence-electron chi connectivity index (χ2n) is 18.3. The molecule has 0 aromatic rings. The van der Waals surface area contributed by atoms with Gasteiger partial charge in [0, 0.05) is 12.8 Å². The molecule has 0 amide bonds. The molecule has 4 aliphatic carbocycles. The summed E-state index contributed by atoms with van der Waals surface area (Å²) in [5.74, 6) is 5.09. The number of allylic oxidation sites excluding steroid dienone is 3. The molecule has 0 aliphatic heterocycles. The number of Topliss-reactive ketones (excluding diaryl/α,β-unsaturated/α-hetero) is 1. The maximum atomic E-state index is 13.4. The monoisotopic (exact) mass is 651 g/mol. The molecule has 1 N–H and O–H groups in total. The van der Waals surface area contributed by atoms with E-state index >= 15 is 0 Å². The molecule has 0 spiro atoms. The van der Waals surface area contributed by atoms with E-state index in [9.17, 15) is 9.90 Å². The van der Waals surface area contributed by atoms with Crippen molar-refractivity contribution in [3.8, 4) is 0 Å². The fourth-order valence-electron chi connectivity index (χ4n) is 11.5. The van der Waals surface area contributed by atoms with E-state index < -0.39 is 5.60 Å². The van der Waals surface area contributed by atoms with Crippen LogP contribution in [0.15, 0.2) is 23.8 Å². The topological polar surface area (TPSA) is 37.3 Å². The van der Waals surface area contributed by atoms with E-state index in [0.29, 0.717) is 24.7 Å². The zero-order chi connectivity index (χ0) is 33.9. The molecule has 4 aliphatic rings. The molecule has 1 unspecified atom stereocenters. The van der Waals surface area contributed by atoms with Crippen molar-refractivity contribution in [2.24, 2.45) is 46.3 Å². The standard InChI is InChI=1S/C45H78O2/c1-7-8-9-10-11-12-13-14-15-16-17-18-19-20-21-25-42(46)45(47)33-32-43(5)37(34-45)26-27-38-40-29-28-39(36(4)24-22-23-35(2)3)44(40,6)31-30-41(38)43/h14-15,26,35-36,38-41,47H,7-13,16-25,27-34H2,1-6H3/b15-14-/t36-,38+,39-,40+,41+,43+,44-,45?/m1/s1. The number of hydrogen-bond acceptors (Lipinski definition) is 2. The van der Waals surface area contributed by atoms with Gasteiger partial charge in [0.1, 0.15) is 5.60 Å². The number of carbonyl (C=O) groups excluding carboxylic acids is 1. The predicted molar refractivity (Wildman–Crippen MR) is 202 cm³/mol. The molecule has 3 fully saturated rings. The van der Waals surface area contributed by atoms with Crippen LogP contribution in [0.5, 0.6) is 0 Å². The van der Waals surface area contributed by atoms with Crippen LogP contribution in [0.3, 0.4) is 0 Å². The number of ketones is 1. The second-order valence-corrected chi connectivity index (χ2v) is 18.3. The summed E-state index contributed by atoms with van der Waals surface area (Å²) in [5, 5.41) is 11.7. The van der Waals surface area contributed by atoms with Crippen molar-refractivity contribution in [1.82, 2.24) is 0 Å². The van der Waals surface area contributed by atoms with Crippen molar-refractivity contribution in [2.75, 3.05) is 0 Å². The quantitative estimate of drug-likeness (QED) is 0.0991. The first-order valence-electron chi connectivity index (χ1n) is 21.2. The van der Waals surface area contributed by atoms with Crippen molar-refractivity contribution in [3.05, 3.63) is 23.8 Å². The zero-order valence-electron chi connectivity index (χ0n) is 32.2. The van der Waals surface area contributed by atoms with Gasteiger partial charge in [-0.15, -0.1) is 0 Å². The largest absolute Gasteiger partial charge is 0.382 e. The number of aliphatic hydroxyl groups is 1. The number of unbranched alkanes of at least 4 members (excludes halogenated alkanes) is 11. The van der Waals surface area contributed by atoms with Gasteiger partial charge in [-0.1, -0.05) is 136 Å². The molecular formula is C45H78O2. The molecule has 2 nitrogen and oxygen atoms in total. The van der Waals surface area contributed by atoms with Crippen molar-refractivity contribution in [3.63, 3.8) is 0 Å². The van der Waals surface area contributed by atoms with Crippen LogP contribution >= 0.6 is 0 Å². The third-order valence-corrected chi connectivity index (χ3v) is 14.6. The number of fused-ring (bicyclic) bond motifs is 5. The maximum Gasteiger partial charge on any atom is 0.164 e. The summed E-state index contributed by atoms with van der Waals surface area (Å²) in [6.07, 6.45) is 37.6. The highest BCUT2D eigenvalue weighted by atomic mass is 16.3. The van der Waals surface area contributed by atoms with Crippen LogP contribution in [0.1, 0.15) is 202 Å². The molecule has 4 rings (SSSR count). The van der Waals surface area contributed by atoms with Gasteiger partial charge in [0.25, 0.3) is 0 Å². The van der Waals surface area contributed by atoms with Crippen LogP contribution in [0, 0.1) is 46.3 Å². The molecule has 0 radical (unpaired) electrons. The first kappa shape index (κ1) is 38.9. The third-order valence-electron chi connectivity index (χ3n) is 14.6. The SMILES string of the molecule is CCCCCCCC/C=C\CCCCCCCC(=O)C1(O)CC[C@@]2(C)C(=CC[C@H]3[C@@H]4CC[C@H]([C@H](C)CCCC(C)C)[C@@]4(C)CC[C@@H]32)C1. The lowest BCUT2D eigenvalue weighted by Gasteiger charge is -2.59. The molecule has 0 aromatic carbocycles. The second kappa shape index (κ2) is 18.4. The van der Waals surface area contributed by atoms with Crippen LogP contribution in [0.25, 0.3) is 0 Å². The maximum absolute atomic E-state index is 13.4. The molecule has 3 saturated carbocycles. The summed E-state index contributed by atoms with van der Waals surface area (Å²) in [5.41, 5.74) is 1.01. The highest BCUT2D eigenvalue weighted by Crippen LogP contribution is 2.67. The molecule has 0 heterocycles. The Hall–Kier alpha value is -0.890. The van der Waals surface area contributed by atoms with Gasteiger partial charge in [-0.2, -0.15) is 0 Å². The first-order chi connectivity index (χ1) is 22.5. The minimum atomic E-state index is -1.12. The van der Waals surface area contributed by atoms with Crippen LogP contribution < -0.4 is 0 Å². The van der Waals surface area contributed by atoms with Crippen LogP contribution in [-0.4, -0.2) is 16.5 Å². The predicted octanol–water partition coefficient (Wildman–Crippen LogP) is 13.4. The van der Waals surface area contributed by atoms with Crippen LogP contribution in [0.2, 0.25) is 0 Å². The van der Waals surface area contributed by atoms with E-state index in [1.54, 1.807) is 0 Å². The van der Waals surface area contributed by atoms with Gasteiger partial charge in [-0.05, 0) is 123 Å². The zero-order valence-corrected chi connectivity index (χ0v) is 32.2. The van der Waals surface area contributed by atoms with Gasteiger partial charge in [0.2, 0.25) is 0 Å². The van der Waals surface area contributed by atoms with Gasteiger partial charge >= 0.3 is 0 Å². The van der Waals surface area contributed by atoms with Crippen molar-refractivity contribution < 1.29 is 9.90 Å². The summed E-state index contributed by atoms with van der Waals surface area (Å²) in [7, 11) is 0. The Bertz CT molecular complexity index is 1010. The van der Waals surface area contributed by atoms with E-state index in [1.807, 2.05) is 0 Å². The Morgan fingerprint density at radius 2 is 1.47 bits per heavy atom. The molecule has 2 heteroatoms. The molecular weight excluding hydrogens is 572 g/mol. The van der Waals surface area contributed by atoms with E-state index in [-0.39, 0.29) is 11.2 Å². The minimum absolute atomic E-state index is 0.126. The molecule has 0 saturated heterocycles. The Balaban J connectivity index is 1.17. The van der Waals surface area contributed by atoms with Crippen molar-refractivity contribution in [2.45, 2.75) is 208 Å². The molecule has 0 aromatic heterocycles. The highest BCUT2D eigenvalue weighted by Gasteiger charge is 2.60. The lowest BCUT2D eigenvalue weighted by Crippen LogP contribution is -2.54. The Morgan fingerprint density at radius 1 is 0.809 bits per heavy atom. The first-order valence-corrected chi connectivity index (χ1v) is 21.2. The van der Waals surface area contributed by atoms with Crippen LogP contribution in [0.4, 0.5) is 0 Å². The molecule has 8 atom stereocenters. The fourth-order valence-corrected chi connectivity index (χ4v) is 11.5. The van der Waals surface area contributed by atoms with Crippen molar-refractivity contribution >= 4 is 5.78 Å². The molecule has 0 bridgehead atoms. The van der Waals surface area contributed by atoms with Crippen molar-refractivity contribution in [1.29, 1.82) is 0 Å². The fraction of sp³-hybridized carbons (Fsp3) is 0.889. The average Bonchev–Trinajstić information content (AvgIpc) is 3.40. The molecule has 47 heavy (non-hydrogen) atoms. The highest BCUT2D eigenvalue weighted by molar-refractivity contribution is 5.87. The summed E-state index contributed by atoms with van der Waals surface area (Å²) < 4.78 is 0. The Labute approximate surface area is 292 Å². The Morgan fingerprint density at radius 3 is 2.15 bits per heavy atom. The lowest BCUT2D eigenvalue weighted by atomic mass is 9.46. The van der Waals surface area contributed by atoms with Gasteiger partial charge in [-0.3, -0.25) is 4.79 Å². The van der Waals surface area contributed by atoms with Gasteiger partial charge in [-0.25, -0.2) is 0 Å². The number of hydrogen-bond donors (Lipinski definition) is 1. The van der Waals surface area contributed by atoms with Crippen LogP contribution in [-0.2, 0) is 4.79 Å². The van der Waals surface area contributed by atoms with E-state index in [2.05, 4.69) is 59.8 Å². The van der Waals surface area contributed by atoms with E-state index in [1.165, 1.54) is 128 Å². The smallest absolute Gasteiger partial charge is 0.164 e. The van der Waals surface area contributed by atoms with Gasteiger partial charge < -0.3 is 5.11 Å². The lowest BCUT2D eigenvalue weighted by molar-refractivity contribution is -0.143. The van der Waals surface area contributed by atoms with E-state index in [4.69, 9.17) is 0 Å².